The van der Waals surface area contributed by atoms with Crippen molar-refractivity contribution in [2.75, 3.05) is 6.54 Å². The zero-order valence-electron chi connectivity index (χ0n) is 12.6. The fourth-order valence-corrected chi connectivity index (χ4v) is 2.55. The average Bonchev–Trinajstić information content (AvgIpc) is 2.92. The Balaban J connectivity index is 2.16. The van der Waals surface area contributed by atoms with E-state index in [4.69, 9.17) is 4.74 Å². The second-order valence-corrected chi connectivity index (χ2v) is 5.66. The van der Waals surface area contributed by atoms with Gasteiger partial charge in [0, 0.05) is 22.6 Å². The van der Waals surface area contributed by atoms with Crippen molar-refractivity contribution in [3.63, 3.8) is 0 Å². The third-order valence-corrected chi connectivity index (χ3v) is 3.80. The summed E-state index contributed by atoms with van der Waals surface area (Å²) >= 11 is 3.50. The molecule has 1 aromatic carbocycles. The number of hydrogen-bond donors (Lipinski definition) is 1. The fourth-order valence-electron chi connectivity index (χ4n) is 2.21. The van der Waals surface area contributed by atoms with E-state index in [-0.39, 0.29) is 6.04 Å². The van der Waals surface area contributed by atoms with Crippen LogP contribution in [-0.4, -0.2) is 21.3 Å². The summed E-state index contributed by atoms with van der Waals surface area (Å²) in [5, 5.41) is 7.56. The Labute approximate surface area is 133 Å². The van der Waals surface area contributed by atoms with Gasteiger partial charge in [-0.15, -0.1) is 0 Å². The van der Waals surface area contributed by atoms with Gasteiger partial charge in [-0.1, -0.05) is 28.9 Å². The molecule has 5 nitrogen and oxygen atoms in total. The minimum Gasteiger partial charge on any atom is -0.485 e. The van der Waals surface area contributed by atoms with E-state index in [1.54, 1.807) is 6.33 Å². The summed E-state index contributed by atoms with van der Waals surface area (Å²) in [5.41, 5.74) is 1.14. The summed E-state index contributed by atoms with van der Waals surface area (Å²) in [5.74, 6) is 1.70. The van der Waals surface area contributed by atoms with Crippen molar-refractivity contribution >= 4 is 15.9 Å². The maximum absolute atomic E-state index is 5.98. The molecule has 2 rings (SSSR count). The lowest BCUT2D eigenvalue weighted by atomic mass is 10.1. The number of hydrogen-bond acceptors (Lipinski definition) is 4. The van der Waals surface area contributed by atoms with Crippen molar-refractivity contribution in [1.82, 2.24) is 20.1 Å². The third kappa shape index (κ3) is 4.04. The van der Waals surface area contributed by atoms with Crippen molar-refractivity contribution in [2.45, 2.75) is 40.0 Å². The van der Waals surface area contributed by atoms with E-state index in [0.717, 1.165) is 34.7 Å². The molecule has 0 bridgehead atoms. The lowest BCUT2D eigenvalue weighted by Gasteiger charge is -2.18. The summed E-state index contributed by atoms with van der Waals surface area (Å²) in [7, 11) is 0. The van der Waals surface area contributed by atoms with E-state index in [1.807, 2.05) is 23.7 Å². The highest BCUT2D eigenvalue weighted by atomic mass is 79.9. The molecule has 0 amide bonds. The molecule has 0 aliphatic rings. The van der Waals surface area contributed by atoms with Gasteiger partial charge in [0.15, 0.2) is 5.82 Å². The predicted octanol–water partition coefficient (Wildman–Crippen LogP) is 3.31. The Morgan fingerprint density at radius 2 is 2.19 bits per heavy atom. The molecule has 0 fully saturated rings. The van der Waals surface area contributed by atoms with Crippen molar-refractivity contribution in [1.29, 1.82) is 0 Å². The molecule has 1 unspecified atom stereocenters. The van der Waals surface area contributed by atoms with E-state index in [1.165, 1.54) is 0 Å². The van der Waals surface area contributed by atoms with Gasteiger partial charge in [0.05, 0.1) is 0 Å². The lowest BCUT2D eigenvalue weighted by Crippen LogP contribution is -2.18. The topological polar surface area (TPSA) is 52.0 Å². The summed E-state index contributed by atoms with van der Waals surface area (Å²) in [4.78, 5) is 4.23. The van der Waals surface area contributed by atoms with Crippen LogP contribution in [0.1, 0.15) is 38.2 Å². The molecule has 0 saturated heterocycles. The first-order valence-electron chi connectivity index (χ1n) is 7.18. The molecule has 2 aromatic rings. The first-order chi connectivity index (χ1) is 10.2. The molecule has 1 N–H and O–H groups in total. The Bertz CT molecular complexity index is 585. The van der Waals surface area contributed by atoms with Gasteiger partial charge in [-0.25, -0.2) is 9.67 Å². The normalized spacial score (nSPS) is 12.4. The zero-order valence-corrected chi connectivity index (χ0v) is 14.2. The maximum Gasteiger partial charge on any atom is 0.164 e. The van der Waals surface area contributed by atoms with E-state index in [0.29, 0.717) is 6.61 Å². The monoisotopic (exact) mass is 352 g/mol. The van der Waals surface area contributed by atoms with Gasteiger partial charge in [0.1, 0.15) is 18.7 Å². The van der Waals surface area contributed by atoms with Crippen LogP contribution < -0.4 is 10.1 Å². The smallest absolute Gasteiger partial charge is 0.164 e. The number of benzene rings is 1. The number of nitrogens with zero attached hydrogens (tertiary/aromatic N) is 3. The highest BCUT2D eigenvalue weighted by molar-refractivity contribution is 9.10. The van der Waals surface area contributed by atoms with Gasteiger partial charge >= 0.3 is 0 Å². The van der Waals surface area contributed by atoms with Crippen LogP contribution in [0, 0.1) is 0 Å². The second-order valence-electron chi connectivity index (χ2n) is 4.74. The summed E-state index contributed by atoms with van der Waals surface area (Å²) in [6, 6.07) is 6.35. The molecule has 0 saturated carbocycles. The minimum atomic E-state index is 0.238. The average molecular weight is 353 g/mol. The number of aryl methyl sites for hydroxylation is 1. The number of aromatic nitrogens is 3. The Morgan fingerprint density at radius 3 is 2.90 bits per heavy atom. The summed E-state index contributed by atoms with van der Waals surface area (Å²) in [6.45, 7) is 8.39. The van der Waals surface area contributed by atoms with E-state index in [9.17, 15) is 0 Å². The summed E-state index contributed by atoms with van der Waals surface area (Å²) in [6.07, 6.45) is 1.56. The molecular formula is C15H21BrN4O. The second kappa shape index (κ2) is 7.56. The third-order valence-electron chi connectivity index (χ3n) is 3.30. The number of ether oxygens (including phenoxy) is 1. The van der Waals surface area contributed by atoms with Crippen LogP contribution in [0.2, 0.25) is 0 Å². The molecule has 21 heavy (non-hydrogen) atoms. The molecular weight excluding hydrogens is 332 g/mol. The van der Waals surface area contributed by atoms with Crippen LogP contribution in [0.15, 0.2) is 29.0 Å². The van der Waals surface area contributed by atoms with Gasteiger partial charge in [-0.05, 0) is 32.5 Å². The van der Waals surface area contributed by atoms with Crippen LogP contribution in [0.25, 0.3) is 0 Å². The zero-order chi connectivity index (χ0) is 15.2. The lowest BCUT2D eigenvalue weighted by molar-refractivity contribution is 0.281. The maximum atomic E-state index is 5.98. The van der Waals surface area contributed by atoms with E-state index >= 15 is 0 Å². The van der Waals surface area contributed by atoms with Crippen LogP contribution >= 0.6 is 15.9 Å². The molecule has 0 aliphatic carbocycles. The van der Waals surface area contributed by atoms with E-state index < -0.39 is 0 Å². The summed E-state index contributed by atoms with van der Waals surface area (Å²) < 4.78 is 8.82. The van der Waals surface area contributed by atoms with Gasteiger partial charge in [-0.2, -0.15) is 5.10 Å². The first kappa shape index (κ1) is 16.0. The predicted molar refractivity (Wildman–Crippen MR) is 86.3 cm³/mol. The molecule has 0 aliphatic heterocycles. The largest absolute Gasteiger partial charge is 0.485 e. The van der Waals surface area contributed by atoms with Gasteiger partial charge in [0.2, 0.25) is 0 Å². The van der Waals surface area contributed by atoms with Crippen LogP contribution in [0.5, 0.6) is 5.75 Å². The van der Waals surface area contributed by atoms with Gasteiger partial charge in [0.25, 0.3) is 0 Å². The van der Waals surface area contributed by atoms with Crippen molar-refractivity contribution < 1.29 is 4.74 Å². The van der Waals surface area contributed by atoms with Crippen molar-refractivity contribution in [2.24, 2.45) is 0 Å². The fraction of sp³-hybridized carbons (Fsp3) is 0.467. The molecule has 1 aromatic heterocycles. The Morgan fingerprint density at radius 1 is 1.38 bits per heavy atom. The first-order valence-corrected chi connectivity index (χ1v) is 7.97. The van der Waals surface area contributed by atoms with Crippen LogP contribution in [0.4, 0.5) is 0 Å². The Kier molecular flexibility index (Phi) is 5.76. The molecule has 1 heterocycles. The number of nitrogens with one attached hydrogen (secondary N) is 1. The van der Waals surface area contributed by atoms with E-state index in [2.05, 4.69) is 51.2 Å². The SMILES string of the molecule is CCNC(C)c1ccc(Br)cc1OCc1ncnn1CC. The highest BCUT2D eigenvalue weighted by Crippen LogP contribution is 2.29. The molecule has 114 valence electrons. The molecule has 1 atom stereocenters. The van der Waals surface area contributed by atoms with Crippen molar-refractivity contribution in [3.05, 3.63) is 40.4 Å². The van der Waals surface area contributed by atoms with Gasteiger partial charge < -0.3 is 10.1 Å². The van der Waals surface area contributed by atoms with Crippen molar-refractivity contribution in [3.8, 4) is 5.75 Å². The Hall–Kier alpha value is -1.40. The quantitative estimate of drug-likeness (QED) is 0.830. The standard InChI is InChI=1S/C15H21BrN4O/c1-4-17-11(3)13-7-6-12(16)8-14(13)21-9-15-18-10-19-20(15)5-2/h6-8,10-11,17H,4-5,9H2,1-3H3. The molecule has 0 spiro atoms. The number of rotatable bonds is 7. The highest BCUT2D eigenvalue weighted by Gasteiger charge is 2.12. The minimum absolute atomic E-state index is 0.238. The van der Waals surface area contributed by atoms with Crippen LogP contribution in [0.3, 0.4) is 0 Å². The molecule has 6 heteroatoms. The van der Waals surface area contributed by atoms with Gasteiger partial charge in [-0.3, -0.25) is 0 Å². The molecule has 0 radical (unpaired) electrons. The number of halogens is 1. The van der Waals surface area contributed by atoms with Crippen LogP contribution in [-0.2, 0) is 13.2 Å².